The molecule has 0 saturated carbocycles. The number of aryl methyl sites for hydroxylation is 1. The summed E-state index contributed by atoms with van der Waals surface area (Å²) in [7, 11) is 0. The third kappa shape index (κ3) is 3.62. The Balaban J connectivity index is 1.34. The Kier molecular flexibility index (Phi) is 5.15. The molecule has 1 saturated heterocycles. The summed E-state index contributed by atoms with van der Waals surface area (Å²) in [6.45, 7) is 4.60. The van der Waals surface area contributed by atoms with Crippen molar-refractivity contribution in [1.29, 1.82) is 0 Å². The number of pyridine rings is 1. The molecule has 1 aliphatic rings. The van der Waals surface area contributed by atoms with Gasteiger partial charge in [-0.25, -0.2) is 9.97 Å². The van der Waals surface area contributed by atoms with Crippen molar-refractivity contribution in [3.8, 4) is 5.69 Å². The van der Waals surface area contributed by atoms with Crippen LogP contribution in [0.25, 0.3) is 16.6 Å². The van der Waals surface area contributed by atoms with E-state index in [9.17, 15) is 9.59 Å². The van der Waals surface area contributed by atoms with E-state index in [1.165, 1.54) is 0 Å². The Morgan fingerprint density at radius 2 is 1.59 bits per heavy atom. The maximum Gasteiger partial charge on any atom is 0.265 e. The number of nitrogens with zero attached hydrogens (tertiary/aromatic N) is 5. The summed E-state index contributed by atoms with van der Waals surface area (Å²) in [5.41, 5.74) is 1.88. The number of benzene rings is 2. The number of anilines is 1. The first-order valence-corrected chi connectivity index (χ1v) is 10.7. The second-order valence-electron chi connectivity index (χ2n) is 7.83. The summed E-state index contributed by atoms with van der Waals surface area (Å²) >= 11 is 0. The standard InChI is InChI=1S/C25H23N5O2/c1-18-27-22-7-3-2-6-21(22)25(32)30(18)20-11-9-19(10-12-20)24(31)29-16-14-28(15-17-29)23-8-4-5-13-26-23/h2-13H,14-17H2,1H3. The summed E-state index contributed by atoms with van der Waals surface area (Å²) in [5.74, 6) is 1.55. The molecule has 7 heteroatoms. The third-order valence-electron chi connectivity index (χ3n) is 5.86. The first-order chi connectivity index (χ1) is 15.6. The molecular formula is C25H23N5O2. The van der Waals surface area contributed by atoms with E-state index >= 15 is 0 Å². The van der Waals surface area contributed by atoms with E-state index in [-0.39, 0.29) is 11.5 Å². The molecule has 4 aromatic rings. The first-order valence-electron chi connectivity index (χ1n) is 10.7. The van der Waals surface area contributed by atoms with E-state index in [1.54, 1.807) is 29.0 Å². The summed E-state index contributed by atoms with van der Waals surface area (Å²) in [6, 6.07) is 20.4. The Morgan fingerprint density at radius 3 is 2.31 bits per heavy atom. The lowest BCUT2D eigenvalue weighted by atomic mass is 10.1. The molecule has 1 aliphatic heterocycles. The molecule has 0 N–H and O–H groups in total. The van der Waals surface area contributed by atoms with Crippen LogP contribution in [0.15, 0.2) is 77.7 Å². The van der Waals surface area contributed by atoms with Crippen molar-refractivity contribution in [3.05, 3.63) is 94.7 Å². The van der Waals surface area contributed by atoms with Crippen molar-refractivity contribution in [2.75, 3.05) is 31.1 Å². The van der Waals surface area contributed by atoms with Gasteiger partial charge in [-0.05, 0) is 55.5 Å². The molecular weight excluding hydrogens is 402 g/mol. The van der Waals surface area contributed by atoms with E-state index in [4.69, 9.17) is 0 Å². The lowest BCUT2D eigenvalue weighted by molar-refractivity contribution is 0.0746. The van der Waals surface area contributed by atoms with Gasteiger partial charge in [-0.2, -0.15) is 0 Å². The van der Waals surface area contributed by atoms with Crippen molar-refractivity contribution in [3.63, 3.8) is 0 Å². The van der Waals surface area contributed by atoms with Gasteiger partial charge in [0.25, 0.3) is 11.5 Å². The van der Waals surface area contributed by atoms with Gasteiger partial charge in [0.05, 0.1) is 16.6 Å². The molecule has 3 heterocycles. The smallest absolute Gasteiger partial charge is 0.265 e. The molecule has 2 aromatic carbocycles. The maximum atomic E-state index is 13.0. The molecule has 160 valence electrons. The Hall–Kier alpha value is -4.00. The molecule has 5 rings (SSSR count). The molecule has 7 nitrogen and oxygen atoms in total. The fraction of sp³-hybridized carbons (Fsp3) is 0.200. The zero-order chi connectivity index (χ0) is 22.1. The maximum absolute atomic E-state index is 13.0. The van der Waals surface area contributed by atoms with Crippen LogP contribution in [0.3, 0.4) is 0 Å². The highest BCUT2D eigenvalue weighted by Gasteiger charge is 2.23. The molecule has 1 amide bonds. The minimum Gasteiger partial charge on any atom is -0.353 e. The lowest BCUT2D eigenvalue weighted by Gasteiger charge is -2.35. The molecule has 2 aromatic heterocycles. The van der Waals surface area contributed by atoms with Crippen LogP contribution in [0, 0.1) is 6.92 Å². The SMILES string of the molecule is Cc1nc2ccccc2c(=O)n1-c1ccc(C(=O)N2CCN(c3ccccn3)CC2)cc1. The number of rotatable bonds is 3. The Bertz CT molecular complexity index is 1320. The van der Waals surface area contributed by atoms with Gasteiger partial charge < -0.3 is 9.80 Å². The highest BCUT2D eigenvalue weighted by atomic mass is 16.2. The topological polar surface area (TPSA) is 71.3 Å². The Morgan fingerprint density at radius 1 is 0.875 bits per heavy atom. The number of hydrogen-bond donors (Lipinski definition) is 0. The van der Waals surface area contributed by atoms with Crippen LogP contribution < -0.4 is 10.5 Å². The van der Waals surface area contributed by atoms with Gasteiger partial charge in [0.1, 0.15) is 11.6 Å². The number of hydrogen-bond acceptors (Lipinski definition) is 5. The number of fused-ring (bicyclic) bond motifs is 1. The second-order valence-corrected chi connectivity index (χ2v) is 7.83. The average molecular weight is 425 g/mol. The molecule has 32 heavy (non-hydrogen) atoms. The van der Waals surface area contributed by atoms with Crippen LogP contribution in [0.2, 0.25) is 0 Å². The van der Waals surface area contributed by atoms with Gasteiger partial charge in [0, 0.05) is 37.9 Å². The molecule has 1 fully saturated rings. The summed E-state index contributed by atoms with van der Waals surface area (Å²) in [4.78, 5) is 39.0. The minimum atomic E-state index is -0.113. The van der Waals surface area contributed by atoms with Gasteiger partial charge in [0.15, 0.2) is 0 Å². The predicted molar refractivity (Wildman–Crippen MR) is 124 cm³/mol. The number of para-hydroxylation sites is 1. The van der Waals surface area contributed by atoms with Crippen molar-refractivity contribution in [1.82, 2.24) is 19.4 Å². The molecule has 0 aliphatic carbocycles. The van der Waals surface area contributed by atoms with Gasteiger partial charge >= 0.3 is 0 Å². The van der Waals surface area contributed by atoms with Crippen LogP contribution in [-0.2, 0) is 0 Å². The minimum absolute atomic E-state index is 0.00192. The highest BCUT2D eigenvalue weighted by Crippen LogP contribution is 2.17. The third-order valence-corrected chi connectivity index (χ3v) is 5.86. The zero-order valence-electron chi connectivity index (χ0n) is 17.8. The second kappa shape index (κ2) is 8.26. The van der Waals surface area contributed by atoms with Crippen molar-refractivity contribution in [2.45, 2.75) is 6.92 Å². The van der Waals surface area contributed by atoms with Crippen LogP contribution in [0.5, 0.6) is 0 Å². The first kappa shape index (κ1) is 19.9. The molecule has 0 bridgehead atoms. The van der Waals surface area contributed by atoms with Gasteiger partial charge in [-0.15, -0.1) is 0 Å². The average Bonchev–Trinajstić information content (AvgIpc) is 2.85. The van der Waals surface area contributed by atoms with E-state index in [2.05, 4.69) is 14.9 Å². The quantitative estimate of drug-likeness (QED) is 0.505. The fourth-order valence-electron chi connectivity index (χ4n) is 4.16. The van der Waals surface area contributed by atoms with Gasteiger partial charge in [-0.1, -0.05) is 18.2 Å². The van der Waals surface area contributed by atoms with E-state index in [0.29, 0.717) is 41.1 Å². The monoisotopic (exact) mass is 425 g/mol. The van der Waals surface area contributed by atoms with Crippen molar-refractivity contribution in [2.24, 2.45) is 0 Å². The number of amides is 1. The summed E-state index contributed by atoms with van der Waals surface area (Å²) < 4.78 is 1.59. The fourth-order valence-corrected chi connectivity index (χ4v) is 4.16. The predicted octanol–water partition coefficient (Wildman–Crippen LogP) is 3.05. The molecule has 0 atom stereocenters. The lowest BCUT2D eigenvalue weighted by Crippen LogP contribution is -2.49. The van der Waals surface area contributed by atoms with Gasteiger partial charge in [-0.3, -0.25) is 14.2 Å². The van der Waals surface area contributed by atoms with Crippen LogP contribution in [-0.4, -0.2) is 51.5 Å². The van der Waals surface area contributed by atoms with Crippen LogP contribution in [0.1, 0.15) is 16.2 Å². The summed E-state index contributed by atoms with van der Waals surface area (Å²) in [6.07, 6.45) is 1.78. The zero-order valence-corrected chi connectivity index (χ0v) is 17.8. The number of carbonyl (C=O) groups is 1. The van der Waals surface area contributed by atoms with Crippen molar-refractivity contribution >= 4 is 22.6 Å². The number of aromatic nitrogens is 3. The normalized spacial score (nSPS) is 14.0. The van der Waals surface area contributed by atoms with Gasteiger partial charge in [0.2, 0.25) is 0 Å². The highest BCUT2D eigenvalue weighted by molar-refractivity contribution is 5.94. The molecule has 0 spiro atoms. The van der Waals surface area contributed by atoms with E-state index < -0.39 is 0 Å². The van der Waals surface area contributed by atoms with E-state index in [1.807, 2.05) is 60.4 Å². The Labute approximate surface area is 185 Å². The number of piperazine rings is 1. The molecule has 0 radical (unpaired) electrons. The van der Waals surface area contributed by atoms with E-state index in [0.717, 1.165) is 18.9 Å². The van der Waals surface area contributed by atoms with Crippen molar-refractivity contribution < 1.29 is 4.79 Å². The van der Waals surface area contributed by atoms with Crippen LogP contribution in [0.4, 0.5) is 5.82 Å². The van der Waals surface area contributed by atoms with Crippen LogP contribution >= 0.6 is 0 Å². The number of carbonyl (C=O) groups excluding carboxylic acids is 1. The molecule has 0 unspecified atom stereocenters. The largest absolute Gasteiger partial charge is 0.353 e. The summed E-state index contributed by atoms with van der Waals surface area (Å²) in [5, 5.41) is 0.573.